The van der Waals surface area contributed by atoms with Crippen LogP contribution in [0.25, 0.3) is 0 Å². The summed E-state index contributed by atoms with van der Waals surface area (Å²) in [5.41, 5.74) is 0.709. The van der Waals surface area contributed by atoms with Gasteiger partial charge in [0.15, 0.2) is 0 Å². The third-order valence-electron chi connectivity index (χ3n) is 3.33. The summed E-state index contributed by atoms with van der Waals surface area (Å²) in [6, 6.07) is 1.74. The van der Waals surface area contributed by atoms with Gasteiger partial charge in [0.05, 0.1) is 12.6 Å². The Labute approximate surface area is 105 Å². The second-order valence-electron chi connectivity index (χ2n) is 4.70. The van der Waals surface area contributed by atoms with Crippen molar-refractivity contribution < 1.29 is 14.6 Å². The second-order valence-corrected chi connectivity index (χ2v) is 4.70. The molecule has 0 bridgehead atoms. The molecule has 0 aliphatic carbocycles. The average Bonchev–Trinajstić information content (AvgIpc) is 2.75. The minimum Gasteiger partial charge on any atom is -0.477 e. The zero-order valence-electron chi connectivity index (χ0n) is 10.6. The summed E-state index contributed by atoms with van der Waals surface area (Å²) in [4.78, 5) is 23.3. The van der Waals surface area contributed by atoms with Crippen LogP contribution in [-0.4, -0.2) is 28.4 Å². The van der Waals surface area contributed by atoms with Crippen LogP contribution in [0.2, 0.25) is 0 Å². The van der Waals surface area contributed by atoms with Gasteiger partial charge in [-0.05, 0) is 38.3 Å². The number of aromatic nitrogens is 1. The van der Waals surface area contributed by atoms with E-state index in [1.165, 1.54) is 4.57 Å². The van der Waals surface area contributed by atoms with E-state index >= 15 is 0 Å². The molecule has 0 spiro atoms. The standard InChI is InChI=1S/C13H17NO4/c1-8-6-9(2)14(7-10-4-3-5-18-10)12(15)11(8)13(16)17/h6,10H,3-5,7H2,1-2H3,(H,16,17)/t10-/m0/s1. The highest BCUT2D eigenvalue weighted by Gasteiger charge is 2.21. The van der Waals surface area contributed by atoms with E-state index in [1.807, 2.05) is 6.92 Å². The molecular formula is C13H17NO4. The minimum absolute atomic E-state index is 0.0192. The molecule has 0 radical (unpaired) electrons. The monoisotopic (exact) mass is 251 g/mol. The van der Waals surface area contributed by atoms with Crippen molar-refractivity contribution in [2.45, 2.75) is 39.3 Å². The van der Waals surface area contributed by atoms with Crippen molar-refractivity contribution in [3.8, 4) is 0 Å². The Morgan fingerprint density at radius 1 is 1.56 bits per heavy atom. The number of carbonyl (C=O) groups is 1. The maximum atomic E-state index is 12.2. The molecule has 0 aromatic carbocycles. The van der Waals surface area contributed by atoms with Crippen molar-refractivity contribution in [1.82, 2.24) is 4.57 Å². The van der Waals surface area contributed by atoms with Gasteiger partial charge in [0.2, 0.25) is 0 Å². The Morgan fingerprint density at radius 2 is 2.28 bits per heavy atom. The largest absolute Gasteiger partial charge is 0.477 e. The van der Waals surface area contributed by atoms with Gasteiger partial charge in [-0.2, -0.15) is 0 Å². The van der Waals surface area contributed by atoms with Gasteiger partial charge >= 0.3 is 5.97 Å². The molecule has 5 nitrogen and oxygen atoms in total. The molecule has 1 aliphatic rings. The minimum atomic E-state index is -1.17. The van der Waals surface area contributed by atoms with Gasteiger partial charge in [-0.25, -0.2) is 4.79 Å². The quantitative estimate of drug-likeness (QED) is 0.880. The fraction of sp³-hybridized carbons (Fsp3) is 0.538. The van der Waals surface area contributed by atoms with Crippen LogP contribution in [0.5, 0.6) is 0 Å². The van der Waals surface area contributed by atoms with E-state index in [9.17, 15) is 9.59 Å². The van der Waals surface area contributed by atoms with Crippen LogP contribution in [0.1, 0.15) is 34.5 Å². The summed E-state index contributed by atoms with van der Waals surface area (Å²) < 4.78 is 7.00. The Hall–Kier alpha value is -1.62. The summed E-state index contributed by atoms with van der Waals surface area (Å²) in [7, 11) is 0. The third-order valence-corrected chi connectivity index (χ3v) is 3.33. The lowest BCUT2D eigenvalue weighted by Gasteiger charge is -2.16. The highest BCUT2D eigenvalue weighted by atomic mass is 16.5. The summed E-state index contributed by atoms with van der Waals surface area (Å²) in [5.74, 6) is -1.17. The van der Waals surface area contributed by atoms with Crippen LogP contribution >= 0.6 is 0 Å². The Morgan fingerprint density at radius 3 is 2.83 bits per heavy atom. The summed E-state index contributed by atoms with van der Waals surface area (Å²) in [5, 5.41) is 9.08. The average molecular weight is 251 g/mol. The van der Waals surface area contributed by atoms with Gasteiger partial charge in [0.1, 0.15) is 5.56 Å². The lowest BCUT2D eigenvalue weighted by Crippen LogP contribution is -2.32. The van der Waals surface area contributed by atoms with Gasteiger partial charge in [0, 0.05) is 12.3 Å². The van der Waals surface area contributed by atoms with E-state index in [1.54, 1.807) is 13.0 Å². The second kappa shape index (κ2) is 4.94. The molecule has 1 atom stereocenters. The van der Waals surface area contributed by atoms with Crippen molar-refractivity contribution in [1.29, 1.82) is 0 Å². The number of carboxylic acids is 1. The topological polar surface area (TPSA) is 68.5 Å². The van der Waals surface area contributed by atoms with Gasteiger partial charge in [-0.3, -0.25) is 4.79 Å². The Kier molecular flexibility index (Phi) is 3.52. The van der Waals surface area contributed by atoms with E-state index in [0.29, 0.717) is 12.1 Å². The highest BCUT2D eigenvalue weighted by molar-refractivity contribution is 5.88. The lowest BCUT2D eigenvalue weighted by molar-refractivity contribution is 0.0690. The number of aromatic carboxylic acids is 1. The molecule has 2 rings (SSSR count). The third kappa shape index (κ3) is 2.31. The molecule has 1 fully saturated rings. The molecule has 1 saturated heterocycles. The molecule has 0 unspecified atom stereocenters. The van der Waals surface area contributed by atoms with E-state index in [2.05, 4.69) is 0 Å². The van der Waals surface area contributed by atoms with E-state index in [-0.39, 0.29) is 11.7 Å². The molecule has 0 saturated carbocycles. The first kappa shape index (κ1) is 12.8. The van der Waals surface area contributed by atoms with Crippen LogP contribution in [0, 0.1) is 13.8 Å². The van der Waals surface area contributed by atoms with E-state index in [0.717, 1.165) is 25.1 Å². The summed E-state index contributed by atoms with van der Waals surface area (Å²) >= 11 is 0. The number of hydrogen-bond donors (Lipinski definition) is 1. The molecule has 2 heterocycles. The van der Waals surface area contributed by atoms with Crippen LogP contribution in [0.15, 0.2) is 10.9 Å². The van der Waals surface area contributed by atoms with Gasteiger partial charge in [-0.1, -0.05) is 0 Å². The van der Waals surface area contributed by atoms with E-state index < -0.39 is 11.5 Å². The molecule has 18 heavy (non-hydrogen) atoms. The fourth-order valence-electron chi connectivity index (χ4n) is 2.41. The van der Waals surface area contributed by atoms with Crippen molar-refractivity contribution >= 4 is 5.97 Å². The van der Waals surface area contributed by atoms with Crippen LogP contribution < -0.4 is 5.56 Å². The predicted molar refractivity (Wildman–Crippen MR) is 66.1 cm³/mol. The number of pyridine rings is 1. The number of ether oxygens (including phenoxy) is 1. The smallest absolute Gasteiger partial charge is 0.341 e. The van der Waals surface area contributed by atoms with Gasteiger partial charge in [-0.15, -0.1) is 0 Å². The fourth-order valence-corrected chi connectivity index (χ4v) is 2.41. The van der Waals surface area contributed by atoms with Crippen molar-refractivity contribution in [3.05, 3.63) is 33.2 Å². The molecular weight excluding hydrogens is 234 g/mol. The van der Waals surface area contributed by atoms with Crippen LogP contribution in [0.3, 0.4) is 0 Å². The molecule has 1 aromatic heterocycles. The number of aryl methyl sites for hydroxylation is 2. The molecule has 0 amide bonds. The van der Waals surface area contributed by atoms with Crippen molar-refractivity contribution in [3.63, 3.8) is 0 Å². The first-order valence-corrected chi connectivity index (χ1v) is 6.06. The van der Waals surface area contributed by atoms with E-state index in [4.69, 9.17) is 9.84 Å². The number of carboxylic acid groups (broad SMARTS) is 1. The maximum absolute atomic E-state index is 12.2. The lowest BCUT2D eigenvalue weighted by atomic mass is 10.1. The first-order chi connectivity index (χ1) is 8.50. The molecule has 98 valence electrons. The SMILES string of the molecule is Cc1cc(C)n(C[C@@H]2CCCO2)c(=O)c1C(=O)O. The zero-order valence-corrected chi connectivity index (χ0v) is 10.6. The molecule has 5 heteroatoms. The van der Waals surface area contributed by atoms with Crippen LogP contribution in [0.4, 0.5) is 0 Å². The molecule has 1 N–H and O–H groups in total. The van der Waals surface area contributed by atoms with Gasteiger partial charge in [0.25, 0.3) is 5.56 Å². The maximum Gasteiger partial charge on any atom is 0.341 e. The van der Waals surface area contributed by atoms with Crippen LogP contribution in [-0.2, 0) is 11.3 Å². The Bertz CT molecular complexity index is 527. The van der Waals surface area contributed by atoms with Gasteiger partial charge < -0.3 is 14.4 Å². The predicted octanol–water partition coefficient (Wildman–Crippen LogP) is 1.34. The highest BCUT2D eigenvalue weighted by Crippen LogP contribution is 2.15. The first-order valence-electron chi connectivity index (χ1n) is 6.06. The molecule has 1 aromatic rings. The normalized spacial score (nSPS) is 19.1. The summed E-state index contributed by atoms with van der Waals surface area (Å²) in [6.45, 7) is 4.62. The summed E-state index contributed by atoms with van der Waals surface area (Å²) in [6.07, 6.45) is 1.93. The van der Waals surface area contributed by atoms with Crippen molar-refractivity contribution in [2.75, 3.05) is 6.61 Å². The van der Waals surface area contributed by atoms with Crippen molar-refractivity contribution in [2.24, 2.45) is 0 Å². The zero-order chi connectivity index (χ0) is 13.3. The number of hydrogen-bond acceptors (Lipinski definition) is 3. The number of nitrogens with zero attached hydrogens (tertiary/aromatic N) is 1. The molecule has 1 aliphatic heterocycles. The Balaban J connectivity index is 2.43. The number of rotatable bonds is 3.